The van der Waals surface area contributed by atoms with E-state index in [2.05, 4.69) is 8.75 Å². The van der Waals surface area contributed by atoms with Gasteiger partial charge in [-0.25, -0.2) is 4.79 Å². The molecule has 0 bridgehead atoms. The van der Waals surface area contributed by atoms with Crippen LogP contribution in [0.5, 0.6) is 17.2 Å². The molecular weight excluding hydrogens is 468 g/mol. The number of carbonyl (C=O) groups is 2. The average molecular weight is 497 g/mol. The Bertz CT molecular complexity index is 1250. The Hall–Kier alpha value is -3.46. The minimum absolute atomic E-state index is 0.00998. The van der Waals surface area contributed by atoms with Crippen LogP contribution >= 0.6 is 11.7 Å². The van der Waals surface area contributed by atoms with E-state index < -0.39 is 5.97 Å². The van der Waals surface area contributed by atoms with Crippen molar-refractivity contribution in [2.45, 2.75) is 38.5 Å². The van der Waals surface area contributed by atoms with Crippen LogP contribution in [0.3, 0.4) is 0 Å². The Morgan fingerprint density at radius 1 is 0.914 bits per heavy atom. The number of benzene rings is 2. The number of ether oxygens (including phenoxy) is 3. The Labute approximate surface area is 207 Å². The average Bonchev–Trinajstić information content (AvgIpc) is 3.35. The third kappa shape index (κ3) is 5.14. The van der Waals surface area contributed by atoms with Crippen molar-refractivity contribution in [1.82, 2.24) is 8.75 Å². The van der Waals surface area contributed by atoms with Crippen molar-refractivity contribution in [3.8, 4) is 17.2 Å². The first kappa shape index (κ1) is 24.7. The zero-order valence-corrected chi connectivity index (χ0v) is 20.8. The van der Waals surface area contributed by atoms with E-state index in [9.17, 15) is 14.7 Å². The van der Waals surface area contributed by atoms with Gasteiger partial charge in [0, 0.05) is 11.1 Å². The molecule has 3 aromatic rings. The summed E-state index contributed by atoms with van der Waals surface area (Å²) in [5.74, 6) is -0.256. The first-order chi connectivity index (χ1) is 17.0. The summed E-state index contributed by atoms with van der Waals surface area (Å²) >= 11 is 1.06. The van der Waals surface area contributed by atoms with Gasteiger partial charge >= 0.3 is 5.97 Å². The molecule has 1 aliphatic rings. The number of hydrogen-bond donors (Lipinski definition) is 1. The van der Waals surface area contributed by atoms with Crippen molar-refractivity contribution in [2.75, 3.05) is 21.3 Å². The van der Waals surface area contributed by atoms with Crippen molar-refractivity contribution in [3.63, 3.8) is 0 Å². The summed E-state index contributed by atoms with van der Waals surface area (Å²) in [6.45, 7) is 0. The minimum Gasteiger partial charge on any atom is -0.493 e. The first-order valence-corrected chi connectivity index (χ1v) is 12.2. The third-order valence-corrected chi connectivity index (χ3v) is 7.03. The number of Topliss-reactive ketones (excluding diaryl/α,β-unsaturated/α-hetero) is 1. The van der Waals surface area contributed by atoms with Gasteiger partial charge in [0.1, 0.15) is 11.0 Å². The van der Waals surface area contributed by atoms with Gasteiger partial charge in [-0.3, -0.25) is 4.79 Å². The lowest BCUT2D eigenvalue weighted by atomic mass is 9.80. The Balaban J connectivity index is 1.89. The molecule has 1 N–H and O–H groups in total. The molecule has 9 heteroatoms. The van der Waals surface area contributed by atoms with Gasteiger partial charge in [-0.1, -0.05) is 38.2 Å². The highest BCUT2D eigenvalue weighted by Crippen LogP contribution is 2.40. The van der Waals surface area contributed by atoms with Gasteiger partial charge in [-0.2, -0.15) is 8.75 Å². The molecule has 1 aliphatic carbocycles. The number of carboxylic acid groups (broad SMARTS) is 1. The zero-order valence-electron chi connectivity index (χ0n) is 20.0. The van der Waals surface area contributed by atoms with Crippen LogP contribution in [0.4, 0.5) is 0 Å². The molecule has 0 radical (unpaired) electrons. The summed E-state index contributed by atoms with van der Waals surface area (Å²) < 4.78 is 24.7. The van der Waals surface area contributed by atoms with Crippen molar-refractivity contribution < 1.29 is 28.9 Å². The van der Waals surface area contributed by atoms with E-state index in [0.29, 0.717) is 40.3 Å². The first-order valence-electron chi connectivity index (χ1n) is 11.5. The molecule has 0 atom stereocenters. The number of methoxy groups -OCH3 is 3. The lowest BCUT2D eigenvalue weighted by molar-refractivity contribution is -0.130. The van der Waals surface area contributed by atoms with Crippen molar-refractivity contribution >= 4 is 40.1 Å². The van der Waals surface area contributed by atoms with Gasteiger partial charge in [0.2, 0.25) is 5.75 Å². The second-order valence-electron chi connectivity index (χ2n) is 8.58. The van der Waals surface area contributed by atoms with Gasteiger partial charge in [0.25, 0.3) is 0 Å². The number of hydrogen-bond acceptors (Lipinski definition) is 8. The third-order valence-electron chi connectivity index (χ3n) is 6.48. The molecule has 0 unspecified atom stereocenters. The number of allylic oxidation sites excluding steroid dienone is 1. The topological polar surface area (TPSA) is 108 Å². The summed E-state index contributed by atoms with van der Waals surface area (Å²) in [5.41, 5.74) is 2.26. The standard InChI is InChI=1S/C26H28N2O6S/c1-32-21-13-17(14-22(33-2)25(21)34-3)24(29)18(11-15-7-5-4-6-8-15)23(26(30)31)16-9-10-19-20(12-16)28-35-27-19/h9-10,12-15H,4-8,11H2,1-3H3,(H,30,31). The van der Waals surface area contributed by atoms with Crippen molar-refractivity contribution in [2.24, 2.45) is 5.92 Å². The molecule has 0 spiro atoms. The van der Waals surface area contributed by atoms with E-state index in [1.165, 1.54) is 21.3 Å². The number of fused-ring (bicyclic) bond motifs is 1. The number of aliphatic carboxylic acids is 1. The predicted molar refractivity (Wildman–Crippen MR) is 134 cm³/mol. The molecule has 1 saturated carbocycles. The highest BCUT2D eigenvalue weighted by molar-refractivity contribution is 7.00. The summed E-state index contributed by atoms with van der Waals surface area (Å²) in [6.07, 6.45) is 5.63. The van der Waals surface area contributed by atoms with Crippen LogP contribution in [0.1, 0.15) is 54.4 Å². The lowest BCUT2D eigenvalue weighted by Gasteiger charge is -2.24. The highest BCUT2D eigenvalue weighted by Gasteiger charge is 2.28. The SMILES string of the molecule is COc1cc(C(=O)C(CC2CCCCC2)=C(C(=O)O)c2ccc3nsnc3c2)cc(OC)c1OC. The van der Waals surface area contributed by atoms with Crippen LogP contribution in [0.2, 0.25) is 0 Å². The maximum Gasteiger partial charge on any atom is 0.336 e. The minimum atomic E-state index is -1.15. The molecule has 4 rings (SSSR count). The van der Waals surface area contributed by atoms with E-state index in [-0.39, 0.29) is 28.4 Å². The molecule has 2 aromatic carbocycles. The summed E-state index contributed by atoms with van der Waals surface area (Å²) in [5, 5.41) is 10.3. The van der Waals surface area contributed by atoms with Crippen LogP contribution in [-0.2, 0) is 4.79 Å². The fraction of sp³-hybridized carbons (Fsp3) is 0.385. The molecule has 0 aliphatic heterocycles. The number of aromatic nitrogens is 2. The maximum absolute atomic E-state index is 14.0. The number of rotatable bonds is 9. The number of carboxylic acids is 1. The van der Waals surface area contributed by atoms with Gasteiger partial charge in [-0.05, 0) is 42.2 Å². The second kappa shape index (κ2) is 10.9. The Kier molecular flexibility index (Phi) is 7.65. The lowest BCUT2D eigenvalue weighted by Crippen LogP contribution is -2.17. The fourth-order valence-corrected chi connectivity index (χ4v) is 5.26. The molecule has 1 aromatic heterocycles. The fourth-order valence-electron chi connectivity index (χ4n) is 4.74. The van der Waals surface area contributed by atoms with Crippen LogP contribution in [-0.4, -0.2) is 46.9 Å². The normalized spacial score (nSPS) is 14.9. The van der Waals surface area contributed by atoms with Crippen LogP contribution in [0.15, 0.2) is 35.9 Å². The van der Waals surface area contributed by atoms with E-state index >= 15 is 0 Å². The largest absolute Gasteiger partial charge is 0.493 e. The summed E-state index contributed by atoms with van der Waals surface area (Å²) in [6, 6.07) is 8.25. The van der Waals surface area contributed by atoms with Crippen LogP contribution in [0, 0.1) is 5.92 Å². The zero-order chi connectivity index (χ0) is 24.9. The van der Waals surface area contributed by atoms with Crippen LogP contribution < -0.4 is 14.2 Å². The summed E-state index contributed by atoms with van der Waals surface area (Å²) in [7, 11) is 4.44. The molecule has 1 heterocycles. The van der Waals surface area contributed by atoms with Crippen LogP contribution in [0.25, 0.3) is 16.6 Å². The predicted octanol–water partition coefficient (Wildman–Crippen LogP) is 5.41. The van der Waals surface area contributed by atoms with Gasteiger partial charge in [0.15, 0.2) is 17.3 Å². The quantitative estimate of drug-likeness (QED) is 0.310. The molecule has 1 fully saturated rings. The summed E-state index contributed by atoms with van der Waals surface area (Å²) in [4.78, 5) is 26.6. The molecule has 35 heavy (non-hydrogen) atoms. The smallest absolute Gasteiger partial charge is 0.336 e. The van der Waals surface area contributed by atoms with E-state index in [4.69, 9.17) is 14.2 Å². The van der Waals surface area contributed by atoms with Gasteiger partial charge < -0.3 is 19.3 Å². The van der Waals surface area contributed by atoms with E-state index in [0.717, 1.165) is 43.8 Å². The monoisotopic (exact) mass is 496 g/mol. The van der Waals surface area contributed by atoms with Gasteiger partial charge in [0.05, 0.1) is 38.6 Å². The number of carbonyl (C=O) groups excluding carboxylic acids is 1. The molecule has 8 nitrogen and oxygen atoms in total. The molecule has 0 amide bonds. The van der Waals surface area contributed by atoms with Gasteiger partial charge in [-0.15, -0.1) is 0 Å². The maximum atomic E-state index is 14.0. The van der Waals surface area contributed by atoms with E-state index in [1.54, 1.807) is 30.3 Å². The van der Waals surface area contributed by atoms with Crippen molar-refractivity contribution in [3.05, 3.63) is 47.0 Å². The Morgan fingerprint density at radius 3 is 2.17 bits per heavy atom. The Morgan fingerprint density at radius 2 is 1.57 bits per heavy atom. The molecule has 184 valence electrons. The number of ketones is 1. The second-order valence-corrected chi connectivity index (χ2v) is 9.11. The van der Waals surface area contributed by atoms with E-state index in [1.807, 2.05) is 0 Å². The molecular formula is C26H28N2O6S. The van der Waals surface area contributed by atoms with Crippen molar-refractivity contribution in [1.29, 1.82) is 0 Å². The highest BCUT2D eigenvalue weighted by atomic mass is 32.1. The molecule has 0 saturated heterocycles. The number of nitrogens with zero attached hydrogens (tertiary/aromatic N) is 2.